The van der Waals surface area contributed by atoms with Crippen molar-refractivity contribution in [1.29, 1.82) is 0 Å². The number of nitrogens with zero attached hydrogens (tertiary/aromatic N) is 2. The fourth-order valence-electron chi connectivity index (χ4n) is 2.65. The van der Waals surface area contributed by atoms with Gasteiger partial charge in [0.05, 0.1) is 0 Å². The van der Waals surface area contributed by atoms with Gasteiger partial charge < -0.3 is 14.9 Å². The molecule has 1 aliphatic heterocycles. The number of hydrogen-bond acceptors (Lipinski definition) is 3. The molecule has 2 rings (SSSR count). The maximum atomic E-state index is 12.5. The van der Waals surface area contributed by atoms with Gasteiger partial charge in [-0.15, -0.1) is 0 Å². The third-order valence-corrected chi connectivity index (χ3v) is 4.06. The molecule has 116 valence electrons. The van der Waals surface area contributed by atoms with Crippen molar-refractivity contribution in [2.75, 3.05) is 39.3 Å². The zero-order valence-electron chi connectivity index (χ0n) is 12.3. The van der Waals surface area contributed by atoms with E-state index in [1.807, 2.05) is 17.0 Å². The van der Waals surface area contributed by atoms with Gasteiger partial charge in [-0.05, 0) is 50.6 Å². The van der Waals surface area contributed by atoms with E-state index >= 15 is 0 Å². The summed E-state index contributed by atoms with van der Waals surface area (Å²) in [6.07, 6.45) is 2.85. The van der Waals surface area contributed by atoms with Gasteiger partial charge in [-0.25, -0.2) is 0 Å². The summed E-state index contributed by atoms with van der Waals surface area (Å²) in [5.74, 6) is 0.0645. The second kappa shape index (κ2) is 8.37. The predicted molar refractivity (Wildman–Crippen MR) is 84.7 cm³/mol. The predicted octanol–water partition coefficient (Wildman–Crippen LogP) is 2.26. The molecule has 1 fully saturated rings. The summed E-state index contributed by atoms with van der Waals surface area (Å²) < 4.78 is 0. The Morgan fingerprint density at radius 2 is 2.05 bits per heavy atom. The number of aliphatic hydroxyl groups excluding tert-OH is 1. The van der Waals surface area contributed by atoms with Crippen molar-refractivity contribution in [1.82, 2.24) is 9.80 Å². The first kappa shape index (κ1) is 16.3. The van der Waals surface area contributed by atoms with Crippen molar-refractivity contribution in [3.8, 4) is 0 Å². The summed E-state index contributed by atoms with van der Waals surface area (Å²) in [7, 11) is 0. The van der Waals surface area contributed by atoms with Gasteiger partial charge in [0.15, 0.2) is 0 Å². The van der Waals surface area contributed by atoms with E-state index in [4.69, 9.17) is 16.7 Å². The van der Waals surface area contributed by atoms with Crippen LogP contribution in [0.15, 0.2) is 24.3 Å². The van der Waals surface area contributed by atoms with E-state index in [1.165, 1.54) is 0 Å². The first-order chi connectivity index (χ1) is 10.2. The molecule has 0 saturated carbocycles. The van der Waals surface area contributed by atoms with Gasteiger partial charge in [0, 0.05) is 36.8 Å². The summed E-state index contributed by atoms with van der Waals surface area (Å²) in [6, 6.07) is 7.14. The van der Waals surface area contributed by atoms with Crippen LogP contribution < -0.4 is 0 Å². The van der Waals surface area contributed by atoms with E-state index in [2.05, 4.69) is 4.90 Å². The highest BCUT2D eigenvalue weighted by Gasteiger charge is 2.20. The highest BCUT2D eigenvalue weighted by molar-refractivity contribution is 6.30. The number of hydrogen-bond donors (Lipinski definition) is 1. The third kappa shape index (κ3) is 4.99. The molecule has 0 aromatic heterocycles. The molecule has 1 N–H and O–H groups in total. The van der Waals surface area contributed by atoms with Crippen molar-refractivity contribution in [2.45, 2.75) is 19.3 Å². The molecule has 1 saturated heterocycles. The minimum absolute atomic E-state index is 0.0645. The lowest BCUT2D eigenvalue weighted by Crippen LogP contribution is -2.35. The van der Waals surface area contributed by atoms with Crippen molar-refractivity contribution in [3.63, 3.8) is 0 Å². The van der Waals surface area contributed by atoms with Gasteiger partial charge in [-0.1, -0.05) is 17.7 Å². The summed E-state index contributed by atoms with van der Waals surface area (Å²) in [4.78, 5) is 16.8. The Labute approximate surface area is 131 Å². The number of unbranched alkanes of at least 4 members (excludes halogenated alkanes) is 1. The van der Waals surface area contributed by atoms with E-state index in [0.29, 0.717) is 10.6 Å². The molecular formula is C16H23ClN2O2. The van der Waals surface area contributed by atoms with Gasteiger partial charge >= 0.3 is 0 Å². The summed E-state index contributed by atoms with van der Waals surface area (Å²) in [5.41, 5.74) is 0.663. The van der Waals surface area contributed by atoms with Crippen LogP contribution in [-0.4, -0.2) is 60.1 Å². The van der Waals surface area contributed by atoms with E-state index in [-0.39, 0.29) is 12.5 Å². The molecule has 1 heterocycles. The molecule has 1 aromatic rings. The number of amides is 1. The van der Waals surface area contributed by atoms with Gasteiger partial charge in [0.2, 0.25) is 0 Å². The quantitative estimate of drug-likeness (QED) is 0.848. The zero-order valence-corrected chi connectivity index (χ0v) is 13.1. The molecule has 1 aliphatic rings. The van der Waals surface area contributed by atoms with Crippen molar-refractivity contribution in [2.24, 2.45) is 0 Å². The van der Waals surface area contributed by atoms with Crippen molar-refractivity contribution >= 4 is 17.5 Å². The van der Waals surface area contributed by atoms with Crippen LogP contribution in [0.2, 0.25) is 5.02 Å². The second-order valence-electron chi connectivity index (χ2n) is 5.43. The minimum atomic E-state index is 0.0645. The average Bonchev–Trinajstić information content (AvgIpc) is 2.72. The topological polar surface area (TPSA) is 43.8 Å². The first-order valence-corrected chi connectivity index (χ1v) is 7.96. The molecule has 0 bridgehead atoms. The average molecular weight is 311 g/mol. The Morgan fingerprint density at radius 3 is 2.81 bits per heavy atom. The van der Waals surface area contributed by atoms with Gasteiger partial charge in [-0.3, -0.25) is 4.79 Å². The highest BCUT2D eigenvalue weighted by atomic mass is 35.5. The molecule has 21 heavy (non-hydrogen) atoms. The molecule has 0 unspecified atom stereocenters. The van der Waals surface area contributed by atoms with E-state index < -0.39 is 0 Å². The first-order valence-electron chi connectivity index (χ1n) is 7.59. The SMILES string of the molecule is O=C(c1cccc(Cl)c1)N1CCCN(CCCCO)CC1. The Balaban J connectivity index is 1.89. The minimum Gasteiger partial charge on any atom is -0.396 e. The number of benzene rings is 1. The van der Waals surface area contributed by atoms with E-state index in [0.717, 1.165) is 52.0 Å². The molecule has 0 radical (unpaired) electrons. The standard InChI is InChI=1S/C16H23ClN2O2/c17-15-6-3-5-14(13-15)16(21)19-9-4-8-18(10-11-19)7-1-2-12-20/h3,5-6,13,20H,1-2,4,7-12H2. The maximum absolute atomic E-state index is 12.5. The normalized spacial score (nSPS) is 16.8. The Morgan fingerprint density at radius 1 is 1.19 bits per heavy atom. The van der Waals surface area contributed by atoms with Crippen LogP contribution in [0.5, 0.6) is 0 Å². The van der Waals surface area contributed by atoms with Gasteiger partial charge in [0.25, 0.3) is 5.91 Å². The van der Waals surface area contributed by atoms with E-state index in [1.54, 1.807) is 12.1 Å². The molecule has 0 aliphatic carbocycles. The molecule has 4 nitrogen and oxygen atoms in total. The lowest BCUT2D eigenvalue weighted by molar-refractivity contribution is 0.0761. The van der Waals surface area contributed by atoms with Crippen LogP contribution >= 0.6 is 11.6 Å². The summed E-state index contributed by atoms with van der Waals surface area (Å²) in [5, 5.41) is 9.43. The number of aliphatic hydroxyl groups is 1. The Bertz CT molecular complexity index is 467. The fourth-order valence-corrected chi connectivity index (χ4v) is 2.84. The lowest BCUT2D eigenvalue weighted by Gasteiger charge is -2.22. The molecule has 0 atom stereocenters. The highest BCUT2D eigenvalue weighted by Crippen LogP contribution is 2.14. The molecule has 1 aromatic carbocycles. The molecule has 0 spiro atoms. The van der Waals surface area contributed by atoms with Gasteiger partial charge in [0.1, 0.15) is 0 Å². The maximum Gasteiger partial charge on any atom is 0.253 e. The number of rotatable bonds is 5. The Kier molecular flexibility index (Phi) is 6.49. The van der Waals surface area contributed by atoms with Crippen molar-refractivity contribution in [3.05, 3.63) is 34.9 Å². The fraction of sp³-hybridized carbons (Fsp3) is 0.562. The van der Waals surface area contributed by atoms with Crippen LogP contribution in [0, 0.1) is 0 Å². The Hall–Kier alpha value is -1.10. The largest absolute Gasteiger partial charge is 0.396 e. The van der Waals surface area contributed by atoms with E-state index in [9.17, 15) is 4.79 Å². The van der Waals surface area contributed by atoms with Gasteiger partial charge in [-0.2, -0.15) is 0 Å². The van der Waals surface area contributed by atoms with Crippen LogP contribution in [0.25, 0.3) is 0 Å². The smallest absolute Gasteiger partial charge is 0.253 e. The molecule has 1 amide bonds. The van der Waals surface area contributed by atoms with Crippen LogP contribution in [0.1, 0.15) is 29.6 Å². The monoisotopic (exact) mass is 310 g/mol. The number of carbonyl (C=O) groups is 1. The van der Waals surface area contributed by atoms with Crippen LogP contribution in [0.3, 0.4) is 0 Å². The van der Waals surface area contributed by atoms with Crippen LogP contribution in [-0.2, 0) is 0 Å². The third-order valence-electron chi connectivity index (χ3n) is 3.83. The number of halogens is 1. The zero-order chi connectivity index (χ0) is 15.1. The van der Waals surface area contributed by atoms with Crippen LogP contribution in [0.4, 0.5) is 0 Å². The second-order valence-corrected chi connectivity index (χ2v) is 5.86. The van der Waals surface area contributed by atoms with Crippen molar-refractivity contribution < 1.29 is 9.90 Å². The lowest BCUT2D eigenvalue weighted by atomic mass is 10.2. The molecule has 5 heteroatoms. The number of carbonyl (C=O) groups excluding carboxylic acids is 1. The summed E-state index contributed by atoms with van der Waals surface area (Å²) >= 11 is 5.95. The summed E-state index contributed by atoms with van der Waals surface area (Å²) in [6.45, 7) is 4.72. The molecular weight excluding hydrogens is 288 g/mol.